The Morgan fingerprint density at radius 2 is 1.85 bits per heavy atom. The van der Waals surface area contributed by atoms with Crippen molar-refractivity contribution in [2.45, 2.75) is 64.5 Å². The minimum absolute atomic E-state index is 0.0276. The fraction of sp³-hybridized carbons (Fsp3) is 0.393. The Morgan fingerprint density at radius 1 is 1.15 bits per heavy atom. The zero-order valence-corrected chi connectivity index (χ0v) is 19.2. The standard InChI is InChI=1S/C28H29F2N3/c1-4-6-21-11-12-24(18(2)32-23-15-28(16-23)13-5-14-28)26-25(21)17-31-33(26)19(3)20-7-9-22(10-8-20)27(29)30/h7-12,17,19,23,27,32H,2,5,13-16H2,1,3H3. The summed E-state index contributed by atoms with van der Waals surface area (Å²) >= 11 is 0. The van der Waals surface area contributed by atoms with E-state index in [2.05, 4.69) is 29.8 Å². The van der Waals surface area contributed by atoms with E-state index in [0.717, 1.165) is 33.3 Å². The van der Waals surface area contributed by atoms with Crippen LogP contribution in [0.1, 0.15) is 80.7 Å². The normalized spacial score (nSPS) is 17.8. The van der Waals surface area contributed by atoms with E-state index in [1.807, 2.05) is 30.8 Å². The summed E-state index contributed by atoms with van der Waals surface area (Å²) < 4.78 is 28.0. The maximum atomic E-state index is 13.0. The number of benzene rings is 2. The average Bonchev–Trinajstić information content (AvgIpc) is 3.20. The largest absolute Gasteiger partial charge is 0.382 e. The Bertz CT molecular complexity index is 1250. The third kappa shape index (κ3) is 3.82. The van der Waals surface area contributed by atoms with Gasteiger partial charge in [-0.15, -0.1) is 5.92 Å². The van der Waals surface area contributed by atoms with Gasteiger partial charge in [-0.2, -0.15) is 5.10 Å². The molecule has 1 heterocycles. The minimum atomic E-state index is -2.47. The second-order valence-corrected chi connectivity index (χ2v) is 9.61. The summed E-state index contributed by atoms with van der Waals surface area (Å²) in [5, 5.41) is 9.34. The van der Waals surface area contributed by atoms with Crippen LogP contribution in [0.15, 0.2) is 49.2 Å². The van der Waals surface area contributed by atoms with Gasteiger partial charge in [0, 0.05) is 33.8 Å². The summed E-state index contributed by atoms with van der Waals surface area (Å²) in [6, 6.07) is 10.9. The van der Waals surface area contributed by atoms with Crippen molar-refractivity contribution < 1.29 is 8.78 Å². The number of fused-ring (bicyclic) bond motifs is 1. The Labute approximate surface area is 193 Å². The zero-order valence-electron chi connectivity index (χ0n) is 19.2. The molecule has 33 heavy (non-hydrogen) atoms. The third-order valence-corrected chi connectivity index (χ3v) is 7.53. The van der Waals surface area contributed by atoms with Crippen LogP contribution >= 0.6 is 0 Å². The number of hydrogen-bond donors (Lipinski definition) is 1. The Hall–Kier alpha value is -3.13. The van der Waals surface area contributed by atoms with Crippen molar-refractivity contribution in [1.82, 2.24) is 15.1 Å². The van der Waals surface area contributed by atoms with Gasteiger partial charge < -0.3 is 5.32 Å². The van der Waals surface area contributed by atoms with E-state index in [-0.39, 0.29) is 11.6 Å². The highest BCUT2D eigenvalue weighted by Crippen LogP contribution is 2.56. The van der Waals surface area contributed by atoms with Gasteiger partial charge in [-0.1, -0.05) is 43.2 Å². The molecule has 1 aromatic heterocycles. The van der Waals surface area contributed by atoms with Gasteiger partial charge in [0.15, 0.2) is 0 Å². The first-order valence-electron chi connectivity index (χ1n) is 11.7. The lowest BCUT2D eigenvalue weighted by molar-refractivity contribution is 0.00392. The summed E-state index contributed by atoms with van der Waals surface area (Å²) in [6.45, 7) is 8.24. The van der Waals surface area contributed by atoms with Crippen LogP contribution < -0.4 is 5.32 Å². The highest BCUT2D eigenvalue weighted by molar-refractivity contribution is 5.94. The number of alkyl halides is 2. The molecule has 5 heteroatoms. The molecule has 2 fully saturated rings. The number of rotatable bonds is 6. The first-order chi connectivity index (χ1) is 15.9. The molecule has 1 spiro atoms. The lowest BCUT2D eigenvalue weighted by Gasteiger charge is -2.54. The highest BCUT2D eigenvalue weighted by atomic mass is 19.3. The van der Waals surface area contributed by atoms with Gasteiger partial charge in [-0.05, 0) is 62.6 Å². The van der Waals surface area contributed by atoms with Gasteiger partial charge in [0.1, 0.15) is 0 Å². The van der Waals surface area contributed by atoms with Crippen LogP contribution in [0.5, 0.6) is 0 Å². The van der Waals surface area contributed by atoms with Crippen LogP contribution in [0.4, 0.5) is 8.78 Å². The second kappa shape index (κ2) is 8.33. The van der Waals surface area contributed by atoms with Crippen LogP contribution in [0, 0.1) is 17.3 Å². The maximum absolute atomic E-state index is 13.0. The third-order valence-electron chi connectivity index (χ3n) is 7.53. The smallest absolute Gasteiger partial charge is 0.263 e. The number of aromatic nitrogens is 2. The van der Waals surface area contributed by atoms with E-state index in [9.17, 15) is 8.78 Å². The molecule has 0 amide bonds. The van der Waals surface area contributed by atoms with Gasteiger partial charge in [-0.3, -0.25) is 4.68 Å². The average molecular weight is 446 g/mol. The molecule has 5 rings (SSSR count). The van der Waals surface area contributed by atoms with E-state index < -0.39 is 6.43 Å². The zero-order chi connectivity index (χ0) is 23.2. The van der Waals surface area contributed by atoms with Crippen LogP contribution in [-0.4, -0.2) is 15.8 Å². The summed E-state index contributed by atoms with van der Waals surface area (Å²) in [5.74, 6) is 6.17. The monoisotopic (exact) mass is 445 g/mol. The van der Waals surface area contributed by atoms with Crippen molar-refractivity contribution in [2.75, 3.05) is 0 Å². The molecule has 2 saturated carbocycles. The Morgan fingerprint density at radius 3 is 2.45 bits per heavy atom. The molecule has 0 bridgehead atoms. The molecular formula is C28H29F2N3. The molecule has 170 valence electrons. The SMILES string of the molecule is C=C(NC1CC2(CCC2)C1)c1ccc(C#CC)c2cnn(C(C)c3ccc(C(F)F)cc3)c12. The van der Waals surface area contributed by atoms with E-state index in [0.29, 0.717) is 11.5 Å². The van der Waals surface area contributed by atoms with Crippen molar-refractivity contribution in [1.29, 1.82) is 0 Å². The molecule has 1 atom stereocenters. The fourth-order valence-electron chi connectivity index (χ4n) is 5.50. The predicted octanol–water partition coefficient (Wildman–Crippen LogP) is 6.85. The van der Waals surface area contributed by atoms with E-state index in [1.54, 1.807) is 12.1 Å². The van der Waals surface area contributed by atoms with Gasteiger partial charge in [0.2, 0.25) is 0 Å². The van der Waals surface area contributed by atoms with Gasteiger partial charge in [0.25, 0.3) is 6.43 Å². The number of nitrogens with zero attached hydrogens (tertiary/aromatic N) is 2. The predicted molar refractivity (Wildman–Crippen MR) is 129 cm³/mol. The van der Waals surface area contributed by atoms with Crippen molar-refractivity contribution >= 4 is 16.6 Å². The molecule has 2 aliphatic carbocycles. The Balaban J connectivity index is 1.49. The van der Waals surface area contributed by atoms with E-state index in [1.165, 1.54) is 44.2 Å². The molecule has 2 aromatic carbocycles. The van der Waals surface area contributed by atoms with E-state index >= 15 is 0 Å². The second-order valence-electron chi connectivity index (χ2n) is 9.61. The van der Waals surface area contributed by atoms with Crippen LogP contribution in [0.3, 0.4) is 0 Å². The molecule has 2 aliphatic rings. The summed E-state index contributed by atoms with van der Waals surface area (Å²) in [4.78, 5) is 0. The van der Waals surface area contributed by atoms with Crippen LogP contribution in [0.2, 0.25) is 0 Å². The molecule has 1 unspecified atom stereocenters. The quantitative estimate of drug-likeness (QED) is 0.421. The summed E-state index contributed by atoms with van der Waals surface area (Å²) in [5.41, 5.74) is 5.34. The highest BCUT2D eigenvalue weighted by Gasteiger charge is 2.48. The van der Waals surface area contributed by atoms with Gasteiger partial charge >= 0.3 is 0 Å². The van der Waals surface area contributed by atoms with E-state index in [4.69, 9.17) is 5.10 Å². The lowest BCUT2D eigenvalue weighted by Crippen LogP contribution is -2.51. The van der Waals surface area contributed by atoms with Gasteiger partial charge in [-0.25, -0.2) is 8.78 Å². The number of nitrogens with one attached hydrogen (secondary N) is 1. The fourth-order valence-corrected chi connectivity index (χ4v) is 5.50. The molecule has 3 aromatic rings. The molecule has 0 radical (unpaired) electrons. The summed E-state index contributed by atoms with van der Waals surface area (Å²) in [6.07, 6.45) is 5.91. The van der Waals surface area contributed by atoms with Crippen molar-refractivity contribution in [3.8, 4) is 11.8 Å². The minimum Gasteiger partial charge on any atom is -0.382 e. The number of halogens is 2. The van der Waals surface area contributed by atoms with Crippen LogP contribution in [-0.2, 0) is 0 Å². The maximum Gasteiger partial charge on any atom is 0.263 e. The van der Waals surface area contributed by atoms with Crippen LogP contribution in [0.25, 0.3) is 16.6 Å². The van der Waals surface area contributed by atoms with Crippen molar-refractivity contribution in [3.05, 3.63) is 71.4 Å². The van der Waals surface area contributed by atoms with Gasteiger partial charge in [0.05, 0.1) is 17.8 Å². The first kappa shape index (κ1) is 21.7. The lowest BCUT2D eigenvalue weighted by atomic mass is 9.54. The summed E-state index contributed by atoms with van der Waals surface area (Å²) in [7, 11) is 0. The van der Waals surface area contributed by atoms with Crippen molar-refractivity contribution in [2.24, 2.45) is 5.41 Å². The molecule has 0 saturated heterocycles. The Kier molecular flexibility index (Phi) is 5.48. The first-order valence-corrected chi connectivity index (χ1v) is 11.7. The number of hydrogen-bond acceptors (Lipinski definition) is 2. The molecular weight excluding hydrogens is 416 g/mol. The molecule has 3 nitrogen and oxygen atoms in total. The topological polar surface area (TPSA) is 29.9 Å². The molecule has 0 aliphatic heterocycles. The molecule has 1 N–H and O–H groups in total. The van der Waals surface area contributed by atoms with Crippen molar-refractivity contribution in [3.63, 3.8) is 0 Å².